The smallest absolute Gasteiger partial charge is 0.328 e. The number of hydrogen-bond donors (Lipinski definition) is 1. The average molecular weight is 263 g/mol. The third kappa shape index (κ3) is 5.12. The summed E-state index contributed by atoms with van der Waals surface area (Å²) in [6, 6.07) is 6.49. The van der Waals surface area contributed by atoms with Crippen LogP contribution in [0.4, 0.5) is 0 Å². The summed E-state index contributed by atoms with van der Waals surface area (Å²) >= 11 is 0. The first-order chi connectivity index (χ1) is 8.69. The number of rotatable bonds is 3. The zero-order chi connectivity index (χ0) is 14.6. The molecular formula is C15H21NO3. The van der Waals surface area contributed by atoms with E-state index in [0.29, 0.717) is 5.56 Å². The Morgan fingerprint density at radius 3 is 2.16 bits per heavy atom. The van der Waals surface area contributed by atoms with E-state index in [2.05, 4.69) is 5.32 Å². The first-order valence-electron chi connectivity index (χ1n) is 6.29. The number of amides is 1. The summed E-state index contributed by atoms with van der Waals surface area (Å²) in [5.41, 5.74) is 1.05. The predicted molar refractivity (Wildman–Crippen MR) is 74.0 cm³/mol. The summed E-state index contributed by atoms with van der Waals surface area (Å²) in [4.78, 5) is 23.7. The van der Waals surface area contributed by atoms with Crippen LogP contribution in [0.2, 0.25) is 0 Å². The lowest BCUT2D eigenvalue weighted by Gasteiger charge is -2.22. The molecule has 1 N–H and O–H groups in total. The number of aryl methyl sites for hydroxylation is 1. The van der Waals surface area contributed by atoms with Crippen molar-refractivity contribution < 1.29 is 14.3 Å². The van der Waals surface area contributed by atoms with Gasteiger partial charge in [0.15, 0.2) is 0 Å². The number of carbonyl (C=O) groups excluding carboxylic acids is 2. The van der Waals surface area contributed by atoms with Crippen molar-refractivity contribution in [2.45, 2.75) is 46.3 Å². The monoisotopic (exact) mass is 263 g/mol. The second kappa shape index (κ2) is 5.87. The van der Waals surface area contributed by atoms with Crippen LogP contribution in [0, 0.1) is 6.92 Å². The minimum Gasteiger partial charge on any atom is -0.458 e. The third-order valence-electron chi connectivity index (χ3n) is 2.42. The van der Waals surface area contributed by atoms with Gasteiger partial charge in [0.05, 0.1) is 0 Å². The van der Waals surface area contributed by atoms with Gasteiger partial charge in [-0.15, -0.1) is 0 Å². The van der Waals surface area contributed by atoms with E-state index in [-0.39, 0.29) is 5.91 Å². The summed E-state index contributed by atoms with van der Waals surface area (Å²) in [6.45, 7) is 8.93. The molecule has 0 aliphatic heterocycles. The molecule has 0 bridgehead atoms. The molecule has 0 radical (unpaired) electrons. The molecule has 0 aliphatic carbocycles. The van der Waals surface area contributed by atoms with Crippen molar-refractivity contribution in [2.75, 3.05) is 0 Å². The maximum Gasteiger partial charge on any atom is 0.328 e. The molecule has 0 aliphatic rings. The molecule has 4 heteroatoms. The molecule has 0 unspecified atom stereocenters. The highest BCUT2D eigenvalue weighted by atomic mass is 16.6. The van der Waals surface area contributed by atoms with Gasteiger partial charge >= 0.3 is 5.97 Å². The van der Waals surface area contributed by atoms with E-state index in [1.54, 1.807) is 39.8 Å². The van der Waals surface area contributed by atoms with E-state index >= 15 is 0 Å². The van der Waals surface area contributed by atoms with Gasteiger partial charge in [0.1, 0.15) is 11.6 Å². The van der Waals surface area contributed by atoms with Crippen molar-refractivity contribution >= 4 is 11.9 Å². The van der Waals surface area contributed by atoms with Crippen LogP contribution >= 0.6 is 0 Å². The second-order valence-electron chi connectivity index (χ2n) is 5.59. The highest BCUT2D eigenvalue weighted by molar-refractivity contribution is 5.96. The van der Waals surface area contributed by atoms with E-state index in [9.17, 15) is 9.59 Å². The molecular weight excluding hydrogens is 242 g/mol. The highest BCUT2D eigenvalue weighted by Gasteiger charge is 2.23. The molecule has 1 aromatic carbocycles. The zero-order valence-electron chi connectivity index (χ0n) is 12.1. The zero-order valence-corrected chi connectivity index (χ0v) is 12.1. The standard InChI is InChI=1S/C15H21NO3/c1-10-6-8-12(9-7-10)13(17)16-11(2)14(18)19-15(3,4)5/h6-9,11H,1-5H3,(H,16,17)/t11-/m0/s1. The number of ether oxygens (including phenoxy) is 1. The first kappa shape index (κ1) is 15.2. The fraction of sp³-hybridized carbons (Fsp3) is 0.467. The Balaban J connectivity index is 2.61. The highest BCUT2D eigenvalue weighted by Crippen LogP contribution is 2.09. The number of hydrogen-bond acceptors (Lipinski definition) is 3. The molecule has 19 heavy (non-hydrogen) atoms. The quantitative estimate of drug-likeness (QED) is 0.852. The average Bonchev–Trinajstić information content (AvgIpc) is 2.27. The maximum absolute atomic E-state index is 11.9. The van der Waals surface area contributed by atoms with Crippen molar-refractivity contribution in [1.29, 1.82) is 0 Å². The molecule has 0 aromatic heterocycles. The number of esters is 1. The van der Waals surface area contributed by atoms with E-state index in [1.165, 1.54) is 0 Å². The molecule has 4 nitrogen and oxygen atoms in total. The number of nitrogens with one attached hydrogen (secondary N) is 1. The van der Waals surface area contributed by atoms with Crippen LogP contribution in [0.1, 0.15) is 43.6 Å². The van der Waals surface area contributed by atoms with Crippen molar-refractivity contribution in [3.05, 3.63) is 35.4 Å². The molecule has 0 heterocycles. The fourth-order valence-corrected chi connectivity index (χ4v) is 1.43. The Kier molecular flexibility index (Phi) is 4.70. The minimum atomic E-state index is -0.673. The van der Waals surface area contributed by atoms with Crippen LogP contribution in [0.3, 0.4) is 0 Å². The minimum absolute atomic E-state index is 0.279. The van der Waals surface area contributed by atoms with Crippen LogP contribution in [0.5, 0.6) is 0 Å². The van der Waals surface area contributed by atoms with Crippen molar-refractivity contribution in [3.8, 4) is 0 Å². The Hall–Kier alpha value is -1.84. The first-order valence-corrected chi connectivity index (χ1v) is 6.29. The topological polar surface area (TPSA) is 55.4 Å². The van der Waals surface area contributed by atoms with Gasteiger partial charge in [0.2, 0.25) is 0 Å². The lowest BCUT2D eigenvalue weighted by Crippen LogP contribution is -2.42. The van der Waals surface area contributed by atoms with Crippen LogP contribution in [-0.4, -0.2) is 23.5 Å². The van der Waals surface area contributed by atoms with E-state index in [0.717, 1.165) is 5.56 Å². The molecule has 1 rings (SSSR count). The van der Waals surface area contributed by atoms with Gasteiger partial charge in [-0.2, -0.15) is 0 Å². The Morgan fingerprint density at radius 1 is 1.16 bits per heavy atom. The number of carbonyl (C=O) groups is 2. The summed E-state index contributed by atoms with van der Waals surface area (Å²) in [5, 5.41) is 2.62. The largest absolute Gasteiger partial charge is 0.458 e. The Labute approximate surface area is 114 Å². The van der Waals surface area contributed by atoms with Crippen molar-refractivity contribution in [1.82, 2.24) is 5.32 Å². The molecule has 1 atom stereocenters. The van der Waals surface area contributed by atoms with Gasteiger partial charge < -0.3 is 10.1 Å². The van der Waals surface area contributed by atoms with Crippen molar-refractivity contribution in [2.24, 2.45) is 0 Å². The maximum atomic E-state index is 11.9. The molecule has 0 saturated carbocycles. The van der Waals surface area contributed by atoms with Crippen LogP contribution < -0.4 is 5.32 Å². The summed E-state index contributed by atoms with van der Waals surface area (Å²) in [6.07, 6.45) is 0. The van der Waals surface area contributed by atoms with Gasteiger partial charge in [-0.1, -0.05) is 17.7 Å². The lowest BCUT2D eigenvalue weighted by atomic mass is 10.1. The molecule has 1 amide bonds. The summed E-state index contributed by atoms with van der Waals surface area (Å²) < 4.78 is 5.20. The second-order valence-corrected chi connectivity index (χ2v) is 5.59. The summed E-state index contributed by atoms with van der Waals surface area (Å²) in [5.74, 6) is -0.716. The Bertz CT molecular complexity index is 457. The van der Waals surface area contributed by atoms with E-state index in [1.807, 2.05) is 19.1 Å². The summed E-state index contributed by atoms with van der Waals surface area (Å²) in [7, 11) is 0. The third-order valence-corrected chi connectivity index (χ3v) is 2.42. The van der Waals surface area contributed by atoms with Crippen LogP contribution in [0.25, 0.3) is 0 Å². The van der Waals surface area contributed by atoms with E-state index < -0.39 is 17.6 Å². The van der Waals surface area contributed by atoms with E-state index in [4.69, 9.17) is 4.74 Å². The molecule has 0 spiro atoms. The van der Waals surface area contributed by atoms with Gasteiger partial charge in [-0.3, -0.25) is 4.79 Å². The molecule has 0 saturated heterocycles. The van der Waals surface area contributed by atoms with Crippen LogP contribution in [-0.2, 0) is 9.53 Å². The van der Waals surface area contributed by atoms with Gasteiger partial charge in [-0.25, -0.2) is 4.79 Å². The SMILES string of the molecule is Cc1ccc(C(=O)N[C@@H](C)C(=O)OC(C)(C)C)cc1. The normalized spacial score (nSPS) is 12.7. The van der Waals surface area contributed by atoms with Crippen LogP contribution in [0.15, 0.2) is 24.3 Å². The van der Waals surface area contributed by atoms with Gasteiger partial charge in [0.25, 0.3) is 5.91 Å². The molecule has 0 fully saturated rings. The van der Waals surface area contributed by atoms with Gasteiger partial charge in [-0.05, 0) is 46.8 Å². The van der Waals surface area contributed by atoms with Crippen molar-refractivity contribution in [3.63, 3.8) is 0 Å². The Morgan fingerprint density at radius 2 is 1.68 bits per heavy atom. The number of benzene rings is 1. The molecule has 104 valence electrons. The predicted octanol–water partition coefficient (Wildman–Crippen LogP) is 2.46. The lowest BCUT2D eigenvalue weighted by molar-refractivity contribution is -0.156. The molecule has 1 aromatic rings. The fourth-order valence-electron chi connectivity index (χ4n) is 1.43. The van der Waals surface area contributed by atoms with Gasteiger partial charge in [0, 0.05) is 5.56 Å².